The van der Waals surface area contributed by atoms with E-state index in [4.69, 9.17) is 52.1 Å². The molecule has 10 rings (SSSR count). The quantitative estimate of drug-likeness (QED) is 0.0439. The van der Waals surface area contributed by atoms with Crippen LogP contribution in [0, 0.1) is 50.2 Å². The number of ether oxygens (including phenoxy) is 11. The second kappa shape index (κ2) is 24.5. The minimum absolute atomic E-state index is 0.000485. The van der Waals surface area contributed by atoms with E-state index < -0.39 is 237 Å². The third kappa shape index (κ3) is 10.8. The lowest BCUT2D eigenvalue weighted by Gasteiger charge is -2.72. The maximum absolute atomic E-state index is 15.5. The van der Waals surface area contributed by atoms with Crippen molar-refractivity contribution in [2.45, 2.75) is 240 Å². The van der Waals surface area contributed by atoms with Crippen LogP contribution < -0.4 is 0 Å². The predicted octanol–water partition coefficient (Wildman–Crippen LogP) is -5.20. The fourth-order valence-electron chi connectivity index (χ4n) is 17.5. The molecule has 498 valence electrons. The van der Waals surface area contributed by atoms with E-state index >= 15 is 4.79 Å². The Hall–Kier alpha value is -2.32. The van der Waals surface area contributed by atoms with E-state index in [1.807, 2.05) is 6.92 Å². The van der Waals surface area contributed by atoms with Gasteiger partial charge < -0.3 is 134 Å². The number of aliphatic hydroxyl groups excluding tert-OH is 15. The molecular weight excluding hydrogens is 1160 g/mol. The summed E-state index contributed by atoms with van der Waals surface area (Å²) in [7, 11) is 1.14. The van der Waals surface area contributed by atoms with Gasteiger partial charge in [-0.3, -0.25) is 9.59 Å². The van der Waals surface area contributed by atoms with Gasteiger partial charge in [-0.15, -0.1) is 0 Å². The molecule has 32 atom stereocenters. The van der Waals surface area contributed by atoms with Crippen molar-refractivity contribution in [3.63, 3.8) is 0 Å². The van der Waals surface area contributed by atoms with Gasteiger partial charge in [0.05, 0.1) is 65.1 Å². The molecule has 5 aliphatic heterocycles. The lowest BCUT2D eigenvalue weighted by molar-refractivity contribution is -0.372. The highest BCUT2D eigenvalue weighted by atomic mass is 16.8. The van der Waals surface area contributed by atoms with Gasteiger partial charge in [0.2, 0.25) is 6.29 Å². The van der Waals surface area contributed by atoms with E-state index in [1.54, 1.807) is 0 Å². The number of esters is 2. The van der Waals surface area contributed by atoms with Crippen LogP contribution in [0.2, 0.25) is 0 Å². The normalized spacial score (nSPS) is 54.0. The largest absolute Gasteiger partial charge is 0.468 e. The average molecular weight is 1250 g/mol. The molecule has 0 aromatic heterocycles. The van der Waals surface area contributed by atoms with Gasteiger partial charge in [0.15, 0.2) is 31.3 Å². The Kier molecular flexibility index (Phi) is 19.1. The molecule has 0 amide bonds. The fourth-order valence-corrected chi connectivity index (χ4v) is 17.5. The molecule has 5 saturated heterocycles. The van der Waals surface area contributed by atoms with Crippen molar-refractivity contribution < 1.29 is 143 Å². The Morgan fingerprint density at radius 2 is 1.25 bits per heavy atom. The van der Waals surface area contributed by atoms with E-state index in [1.165, 1.54) is 6.92 Å². The van der Waals surface area contributed by atoms with E-state index in [0.29, 0.717) is 25.7 Å². The first-order chi connectivity index (χ1) is 40.8. The summed E-state index contributed by atoms with van der Waals surface area (Å²) in [4.78, 5) is 29.9. The topological polar surface area (TPSA) is 459 Å². The van der Waals surface area contributed by atoms with Crippen molar-refractivity contribution in [1.82, 2.24) is 0 Å². The molecule has 10 aliphatic rings. The summed E-state index contributed by atoms with van der Waals surface area (Å²) in [6, 6.07) is 0. The minimum Gasteiger partial charge on any atom is -0.468 e. The Balaban J connectivity index is 0.877. The van der Waals surface area contributed by atoms with E-state index in [2.05, 4.69) is 33.8 Å². The SMILES string of the molecule is COC(=O)C1(CO)C(O[C@@H]2O[C@H](CO)[C@@H](O)[C@H](O)[C@H]2O)C(O)CC2(C)C1CCC1(C)C2CC=C2C3CC(C)(C)CCC3(C(=O)O[C@@H]3OC[C@@H](O)[C@@H](O)[C@H]3O[C@@H]3O[C@H](C)[C@H](O[C@@H]4OC[C@@H](O)[C@@H](O[C@@H]5OCC(O)(CO)[C@H]5O)[C@H]4O)[C@@H](O)[C@H]3O)C(O)CC21C. The van der Waals surface area contributed by atoms with Crippen LogP contribution in [-0.2, 0) is 61.7 Å². The summed E-state index contributed by atoms with van der Waals surface area (Å²) in [6.07, 6.45) is -34.3. The minimum atomic E-state index is -2.08. The monoisotopic (exact) mass is 1250 g/mol. The highest BCUT2D eigenvalue weighted by Crippen LogP contribution is 2.76. The number of fused-ring (bicyclic) bond motifs is 7. The van der Waals surface area contributed by atoms with Crippen LogP contribution >= 0.6 is 0 Å². The molecule has 4 saturated carbocycles. The van der Waals surface area contributed by atoms with E-state index in [9.17, 15) is 86.5 Å². The van der Waals surface area contributed by atoms with Crippen LogP contribution in [0.4, 0.5) is 0 Å². The van der Waals surface area contributed by atoms with Gasteiger partial charge in [0.1, 0.15) is 102 Å². The second-order valence-electron chi connectivity index (χ2n) is 28.0. The summed E-state index contributed by atoms with van der Waals surface area (Å²) < 4.78 is 63.9. The number of hydrogen-bond acceptors (Lipinski definition) is 29. The molecule has 9 fully saturated rings. The Bertz CT molecular complexity index is 2490. The number of hydrogen-bond donors (Lipinski definition) is 16. The van der Waals surface area contributed by atoms with E-state index in [0.717, 1.165) is 12.7 Å². The molecule has 0 aromatic rings. The van der Waals surface area contributed by atoms with Crippen LogP contribution in [0.15, 0.2) is 11.6 Å². The maximum atomic E-state index is 15.5. The first kappa shape index (κ1) is 67.6. The molecule has 12 unspecified atom stereocenters. The smallest absolute Gasteiger partial charge is 0.317 e. The van der Waals surface area contributed by atoms with Crippen molar-refractivity contribution in [3.05, 3.63) is 11.6 Å². The number of methoxy groups -OCH3 is 1. The molecule has 0 aromatic carbocycles. The maximum Gasteiger partial charge on any atom is 0.317 e. The summed E-state index contributed by atoms with van der Waals surface area (Å²) in [5.41, 5.74) is -7.73. The summed E-state index contributed by atoms with van der Waals surface area (Å²) in [5.74, 6) is -3.57. The van der Waals surface area contributed by atoms with Crippen LogP contribution in [-0.4, -0.2) is 287 Å². The van der Waals surface area contributed by atoms with Crippen molar-refractivity contribution in [3.8, 4) is 0 Å². The van der Waals surface area contributed by atoms with Gasteiger partial charge >= 0.3 is 11.9 Å². The lowest BCUT2D eigenvalue weighted by Crippen LogP contribution is -2.72. The molecular formula is C58H92O29. The molecule has 16 N–H and O–H groups in total. The molecule has 29 nitrogen and oxygen atoms in total. The zero-order chi connectivity index (χ0) is 63.6. The van der Waals surface area contributed by atoms with Gasteiger partial charge in [-0.05, 0) is 97.7 Å². The number of allylic oxidation sites excluding steroid dienone is 2. The van der Waals surface area contributed by atoms with Gasteiger partial charge in [-0.25, -0.2) is 0 Å². The highest BCUT2D eigenvalue weighted by Gasteiger charge is 2.75. The number of carbonyl (C=O) groups is 2. The van der Waals surface area contributed by atoms with Gasteiger partial charge in [-0.2, -0.15) is 0 Å². The molecule has 29 heteroatoms. The van der Waals surface area contributed by atoms with Crippen LogP contribution in [0.5, 0.6) is 0 Å². The summed E-state index contributed by atoms with van der Waals surface area (Å²) in [5, 5.41) is 177. The van der Waals surface area contributed by atoms with E-state index in [-0.39, 0.29) is 37.0 Å². The fraction of sp³-hybridized carbons (Fsp3) is 0.931. The second-order valence-corrected chi connectivity index (χ2v) is 28.0. The molecule has 87 heavy (non-hydrogen) atoms. The first-order valence-electron chi connectivity index (χ1n) is 30.3. The van der Waals surface area contributed by atoms with Crippen molar-refractivity contribution in [1.29, 1.82) is 0 Å². The van der Waals surface area contributed by atoms with Gasteiger partial charge in [0.25, 0.3) is 0 Å². The summed E-state index contributed by atoms with van der Waals surface area (Å²) in [6.45, 7) is 7.57. The molecule has 5 heterocycles. The Labute approximate surface area is 502 Å². The Morgan fingerprint density at radius 3 is 1.91 bits per heavy atom. The molecule has 0 spiro atoms. The van der Waals surface area contributed by atoms with Crippen molar-refractivity contribution in [2.75, 3.05) is 46.8 Å². The standard InChI is InChI=1S/C58H92O29/c1-23-40(83-45-39(72)41(28(64)19-78-45)84-49-43(73)56(76,20-60)22-80-49)36(69)38(71)46(81-23)85-42-33(66)27(63)18-79-48(42)87-51(75)57-13-12-52(2,3)14-25(57)24-8-9-30-53(4)15-26(62)44(86-47-37(70)35(68)34(67)29(17-59)82-47)58(21-61,50(74)77-7)31(53)10-11-54(30,5)55(24,6)16-32(57)65/h8,23,25-49,59-73,76H,9-22H2,1-7H3/t23-,25?,26?,27-,28-,29-,30?,31?,32?,33-,34-,35+,36+,37-,38-,39-,40+,41-,42-,43+,44?,45+,46+,47+,48+,49+,53?,54?,55?,56?,57?,58?/m1/s1. The molecule has 5 aliphatic carbocycles. The summed E-state index contributed by atoms with van der Waals surface area (Å²) >= 11 is 0. The third-order valence-electron chi connectivity index (χ3n) is 22.7. The predicted molar refractivity (Wildman–Crippen MR) is 287 cm³/mol. The highest BCUT2D eigenvalue weighted by molar-refractivity contribution is 5.80. The zero-order valence-electron chi connectivity index (χ0n) is 50.0. The van der Waals surface area contributed by atoms with Crippen LogP contribution in [0.25, 0.3) is 0 Å². The van der Waals surface area contributed by atoms with Gasteiger partial charge in [-0.1, -0.05) is 46.3 Å². The van der Waals surface area contributed by atoms with Crippen LogP contribution in [0.3, 0.4) is 0 Å². The van der Waals surface area contributed by atoms with Crippen molar-refractivity contribution >= 4 is 11.9 Å². The average Bonchev–Trinajstić information content (AvgIpc) is 0.943. The number of aliphatic hydroxyl groups is 16. The number of carbonyl (C=O) groups excluding carboxylic acids is 2. The zero-order valence-corrected chi connectivity index (χ0v) is 50.0. The lowest BCUT2D eigenvalue weighted by atomic mass is 9.33. The third-order valence-corrected chi connectivity index (χ3v) is 22.7. The van der Waals surface area contributed by atoms with Crippen LogP contribution in [0.1, 0.15) is 92.9 Å². The molecule has 0 bridgehead atoms. The number of rotatable bonds is 14. The van der Waals surface area contributed by atoms with Crippen molar-refractivity contribution in [2.24, 2.45) is 50.2 Å². The van der Waals surface area contributed by atoms with Gasteiger partial charge in [0, 0.05) is 0 Å². The Morgan fingerprint density at radius 1 is 0.609 bits per heavy atom. The first-order valence-corrected chi connectivity index (χ1v) is 30.3. The molecule has 0 radical (unpaired) electrons.